The van der Waals surface area contributed by atoms with Gasteiger partial charge in [-0.3, -0.25) is 4.79 Å². The first-order valence-electron chi connectivity index (χ1n) is 7.08. The number of carbonyl (C=O) groups is 1. The van der Waals surface area contributed by atoms with Crippen LogP contribution in [0.5, 0.6) is 0 Å². The van der Waals surface area contributed by atoms with E-state index < -0.39 is 11.9 Å². The minimum Gasteiger partial charge on any atom is -0.352 e. The van der Waals surface area contributed by atoms with E-state index in [1.165, 1.54) is 12.3 Å². The Morgan fingerprint density at radius 3 is 2.70 bits per heavy atom. The van der Waals surface area contributed by atoms with E-state index in [9.17, 15) is 18.0 Å². The van der Waals surface area contributed by atoms with Gasteiger partial charge in [-0.25, -0.2) is 4.68 Å². The van der Waals surface area contributed by atoms with Crippen molar-refractivity contribution in [3.63, 3.8) is 0 Å². The number of halogens is 3. The van der Waals surface area contributed by atoms with Gasteiger partial charge in [0.1, 0.15) is 0 Å². The summed E-state index contributed by atoms with van der Waals surface area (Å²) in [4.78, 5) is 12.0. The summed E-state index contributed by atoms with van der Waals surface area (Å²) in [6, 6.07) is 7.19. The third-order valence-electron chi connectivity index (χ3n) is 3.14. The monoisotopic (exact) mass is 326 g/mol. The van der Waals surface area contributed by atoms with Crippen molar-refractivity contribution in [1.82, 2.24) is 20.4 Å². The molecular weight excluding hydrogens is 309 g/mol. The number of alkyl halides is 3. The number of carbonyl (C=O) groups excluding carboxylic acids is 1. The van der Waals surface area contributed by atoms with E-state index in [2.05, 4.69) is 15.7 Å². The molecule has 1 amide bonds. The van der Waals surface area contributed by atoms with Gasteiger partial charge in [-0.2, -0.15) is 18.3 Å². The summed E-state index contributed by atoms with van der Waals surface area (Å²) in [5.41, 5.74) is -0.209. The zero-order chi connectivity index (χ0) is 16.9. The average Bonchev–Trinajstić information content (AvgIpc) is 3.02. The fourth-order valence-electron chi connectivity index (χ4n) is 1.98. The van der Waals surface area contributed by atoms with Gasteiger partial charge in [0.25, 0.3) is 5.91 Å². The molecule has 0 aliphatic heterocycles. The highest BCUT2D eigenvalue weighted by molar-refractivity contribution is 5.94. The quantitative estimate of drug-likeness (QED) is 0.801. The lowest BCUT2D eigenvalue weighted by Gasteiger charge is -2.07. The van der Waals surface area contributed by atoms with E-state index in [4.69, 9.17) is 0 Å². The lowest BCUT2D eigenvalue weighted by Crippen LogP contribution is -2.26. The number of amides is 1. The topological polar surface area (TPSA) is 58.9 Å². The molecule has 0 saturated carbocycles. The Morgan fingerprint density at radius 2 is 2.04 bits per heavy atom. The predicted octanol–water partition coefficient (Wildman–Crippen LogP) is 2.23. The minimum atomic E-state index is -4.49. The molecule has 0 atom stereocenters. The van der Waals surface area contributed by atoms with E-state index in [0.29, 0.717) is 17.8 Å². The number of nitrogens with one attached hydrogen (secondary N) is 2. The molecule has 1 aromatic carbocycles. The Bertz CT molecular complexity index is 667. The van der Waals surface area contributed by atoms with Crippen molar-refractivity contribution < 1.29 is 18.0 Å². The maximum absolute atomic E-state index is 12.6. The molecule has 23 heavy (non-hydrogen) atoms. The van der Waals surface area contributed by atoms with Crippen molar-refractivity contribution in [2.24, 2.45) is 0 Å². The van der Waals surface area contributed by atoms with E-state index >= 15 is 0 Å². The molecule has 2 rings (SSSR count). The molecule has 0 unspecified atom stereocenters. The summed E-state index contributed by atoms with van der Waals surface area (Å²) < 4.78 is 38.8. The van der Waals surface area contributed by atoms with Gasteiger partial charge in [-0.15, -0.1) is 0 Å². The number of hydrogen-bond acceptors (Lipinski definition) is 3. The standard InChI is InChI=1S/C15H17F3N4O/c1-19-7-3-8-20-14(23)11-4-2-5-12(10-11)22-9-6-13(21-22)15(16,17)18/h2,4-6,9-10,19H,3,7-8H2,1H3,(H,20,23). The molecule has 2 aromatic rings. The van der Waals surface area contributed by atoms with E-state index in [-0.39, 0.29) is 5.91 Å². The number of hydrogen-bond donors (Lipinski definition) is 2. The molecule has 0 spiro atoms. The van der Waals surface area contributed by atoms with Gasteiger partial charge in [0.2, 0.25) is 0 Å². The molecule has 8 heteroatoms. The molecule has 0 radical (unpaired) electrons. The Hall–Kier alpha value is -2.35. The molecule has 0 aliphatic rings. The van der Waals surface area contributed by atoms with Crippen molar-refractivity contribution in [2.45, 2.75) is 12.6 Å². The van der Waals surface area contributed by atoms with Crippen molar-refractivity contribution in [3.8, 4) is 5.69 Å². The highest BCUT2D eigenvalue weighted by atomic mass is 19.4. The van der Waals surface area contributed by atoms with E-state index in [1.807, 2.05) is 7.05 Å². The van der Waals surface area contributed by atoms with Crippen LogP contribution in [-0.4, -0.2) is 35.8 Å². The van der Waals surface area contributed by atoms with Crippen LogP contribution in [0, 0.1) is 0 Å². The first-order valence-corrected chi connectivity index (χ1v) is 7.08. The Labute approximate surface area is 131 Å². The fraction of sp³-hybridized carbons (Fsp3) is 0.333. The smallest absolute Gasteiger partial charge is 0.352 e. The van der Waals surface area contributed by atoms with Crippen LogP contribution in [0.15, 0.2) is 36.5 Å². The van der Waals surface area contributed by atoms with Crippen LogP contribution < -0.4 is 10.6 Å². The van der Waals surface area contributed by atoms with Crippen LogP contribution in [0.1, 0.15) is 22.5 Å². The van der Waals surface area contributed by atoms with Gasteiger partial charge in [-0.1, -0.05) is 6.07 Å². The second kappa shape index (κ2) is 7.28. The van der Waals surface area contributed by atoms with Gasteiger partial charge in [0.05, 0.1) is 5.69 Å². The molecule has 2 N–H and O–H groups in total. The van der Waals surface area contributed by atoms with Crippen molar-refractivity contribution in [2.75, 3.05) is 20.1 Å². The van der Waals surface area contributed by atoms with Gasteiger partial charge in [0.15, 0.2) is 5.69 Å². The summed E-state index contributed by atoms with van der Waals surface area (Å²) >= 11 is 0. The Morgan fingerprint density at radius 1 is 1.26 bits per heavy atom. The second-order valence-electron chi connectivity index (χ2n) is 4.91. The predicted molar refractivity (Wildman–Crippen MR) is 79.4 cm³/mol. The molecule has 124 valence electrons. The van der Waals surface area contributed by atoms with Crippen LogP contribution in [-0.2, 0) is 6.18 Å². The van der Waals surface area contributed by atoms with Gasteiger partial charge >= 0.3 is 6.18 Å². The third-order valence-corrected chi connectivity index (χ3v) is 3.14. The maximum Gasteiger partial charge on any atom is 0.435 e. The minimum absolute atomic E-state index is 0.272. The molecule has 0 bridgehead atoms. The summed E-state index contributed by atoms with van der Waals surface area (Å²) in [6.45, 7) is 1.30. The lowest BCUT2D eigenvalue weighted by atomic mass is 10.2. The van der Waals surface area contributed by atoms with Crippen LogP contribution in [0.3, 0.4) is 0 Å². The largest absolute Gasteiger partial charge is 0.435 e. The van der Waals surface area contributed by atoms with Crippen LogP contribution in [0.25, 0.3) is 5.69 Å². The number of rotatable bonds is 6. The first kappa shape index (κ1) is 17.0. The SMILES string of the molecule is CNCCCNC(=O)c1cccc(-n2ccc(C(F)(F)F)n2)c1. The van der Waals surface area contributed by atoms with Crippen LogP contribution in [0.4, 0.5) is 13.2 Å². The fourth-order valence-corrected chi connectivity index (χ4v) is 1.98. The van der Waals surface area contributed by atoms with E-state index in [1.54, 1.807) is 18.2 Å². The van der Waals surface area contributed by atoms with Crippen LogP contribution >= 0.6 is 0 Å². The Kier molecular flexibility index (Phi) is 5.38. The third kappa shape index (κ3) is 4.56. The number of aromatic nitrogens is 2. The molecule has 0 aliphatic carbocycles. The second-order valence-corrected chi connectivity index (χ2v) is 4.91. The van der Waals surface area contributed by atoms with Gasteiger partial charge in [-0.05, 0) is 44.3 Å². The number of nitrogens with zero attached hydrogens (tertiary/aromatic N) is 2. The van der Waals surface area contributed by atoms with Gasteiger partial charge < -0.3 is 10.6 Å². The molecular formula is C15H17F3N4O. The highest BCUT2D eigenvalue weighted by Crippen LogP contribution is 2.27. The Balaban J connectivity index is 2.10. The van der Waals surface area contributed by atoms with Gasteiger partial charge in [0, 0.05) is 18.3 Å². The normalized spacial score (nSPS) is 11.5. The lowest BCUT2D eigenvalue weighted by molar-refractivity contribution is -0.141. The van der Waals surface area contributed by atoms with Crippen molar-refractivity contribution in [3.05, 3.63) is 47.8 Å². The molecule has 1 aromatic heterocycles. The maximum atomic E-state index is 12.6. The molecule has 0 fully saturated rings. The summed E-state index contributed by atoms with van der Waals surface area (Å²) in [5, 5.41) is 9.22. The van der Waals surface area contributed by atoms with E-state index in [0.717, 1.165) is 23.7 Å². The summed E-state index contributed by atoms with van der Waals surface area (Å²) in [5.74, 6) is -0.272. The average molecular weight is 326 g/mol. The summed E-state index contributed by atoms with van der Waals surface area (Å²) in [6.07, 6.45) is -2.49. The van der Waals surface area contributed by atoms with Crippen LogP contribution in [0.2, 0.25) is 0 Å². The molecule has 5 nitrogen and oxygen atoms in total. The molecule has 1 heterocycles. The summed E-state index contributed by atoms with van der Waals surface area (Å²) in [7, 11) is 1.82. The molecule has 0 saturated heterocycles. The zero-order valence-electron chi connectivity index (χ0n) is 12.5. The van der Waals surface area contributed by atoms with Crippen molar-refractivity contribution in [1.29, 1.82) is 0 Å². The highest BCUT2D eigenvalue weighted by Gasteiger charge is 2.33. The van der Waals surface area contributed by atoms with Crippen molar-refractivity contribution >= 4 is 5.91 Å². The zero-order valence-corrected chi connectivity index (χ0v) is 12.5. The first-order chi connectivity index (χ1) is 10.9. The number of benzene rings is 1.